The van der Waals surface area contributed by atoms with Crippen molar-refractivity contribution in [3.8, 4) is 0 Å². The monoisotopic (exact) mass is 201 g/mol. The van der Waals surface area contributed by atoms with Crippen LogP contribution in [-0.2, 0) is 4.74 Å². The summed E-state index contributed by atoms with van der Waals surface area (Å²) in [7, 11) is 0. The van der Waals surface area contributed by atoms with E-state index in [1.54, 1.807) is 0 Å². The summed E-state index contributed by atoms with van der Waals surface area (Å²) in [6, 6.07) is 0. The van der Waals surface area contributed by atoms with Gasteiger partial charge in [0.1, 0.15) is 0 Å². The van der Waals surface area contributed by atoms with Crippen LogP contribution >= 0.6 is 12.6 Å². The molecule has 1 unspecified atom stereocenters. The molecule has 2 fully saturated rings. The molecular formula is C10H19NOS. The minimum absolute atomic E-state index is 0.421. The molecule has 0 radical (unpaired) electrons. The molecule has 0 bridgehead atoms. The predicted octanol–water partition coefficient (Wildman–Crippen LogP) is 1.42. The molecule has 0 aromatic rings. The number of ether oxygens (including phenoxy) is 1. The first-order chi connectivity index (χ1) is 6.24. The van der Waals surface area contributed by atoms with E-state index in [0.29, 0.717) is 11.5 Å². The molecule has 0 N–H and O–H groups in total. The van der Waals surface area contributed by atoms with Crippen molar-refractivity contribution in [1.82, 2.24) is 4.90 Å². The molecule has 1 saturated heterocycles. The maximum Gasteiger partial charge on any atom is 0.0674 e. The maximum absolute atomic E-state index is 5.52. The van der Waals surface area contributed by atoms with Crippen LogP contribution in [0, 0.1) is 5.41 Å². The molecule has 1 aliphatic heterocycles. The molecule has 1 atom stereocenters. The summed E-state index contributed by atoms with van der Waals surface area (Å²) in [5.74, 6) is 1.05. The number of hydrogen-bond donors (Lipinski definition) is 1. The third kappa shape index (κ3) is 2.39. The van der Waals surface area contributed by atoms with Gasteiger partial charge >= 0.3 is 0 Å². The molecule has 1 aliphatic carbocycles. The normalized spacial score (nSPS) is 33.2. The molecule has 2 rings (SSSR count). The molecular weight excluding hydrogens is 182 g/mol. The lowest BCUT2D eigenvalue weighted by Gasteiger charge is -2.33. The zero-order valence-electron chi connectivity index (χ0n) is 8.33. The van der Waals surface area contributed by atoms with E-state index >= 15 is 0 Å². The summed E-state index contributed by atoms with van der Waals surface area (Å²) in [6.45, 7) is 6.52. The van der Waals surface area contributed by atoms with Gasteiger partial charge in [0, 0.05) is 19.6 Å². The van der Waals surface area contributed by atoms with Gasteiger partial charge in [-0.15, -0.1) is 0 Å². The first-order valence-electron chi connectivity index (χ1n) is 5.19. The maximum atomic E-state index is 5.52. The van der Waals surface area contributed by atoms with Crippen molar-refractivity contribution in [3.05, 3.63) is 0 Å². The number of hydrogen-bond acceptors (Lipinski definition) is 3. The highest BCUT2D eigenvalue weighted by molar-refractivity contribution is 7.80. The highest BCUT2D eigenvalue weighted by atomic mass is 32.1. The lowest BCUT2D eigenvalue weighted by Crippen LogP contribution is -2.44. The summed E-state index contributed by atoms with van der Waals surface area (Å²) in [4.78, 5) is 2.54. The van der Waals surface area contributed by atoms with Crippen molar-refractivity contribution >= 4 is 12.6 Å². The number of thiol groups is 1. The molecule has 0 aromatic heterocycles. The third-order valence-corrected chi connectivity index (χ3v) is 3.85. The van der Waals surface area contributed by atoms with Gasteiger partial charge in [-0.1, -0.05) is 0 Å². The van der Waals surface area contributed by atoms with E-state index in [2.05, 4.69) is 24.5 Å². The van der Waals surface area contributed by atoms with Gasteiger partial charge < -0.3 is 4.74 Å². The molecule has 13 heavy (non-hydrogen) atoms. The Labute approximate surface area is 86.0 Å². The zero-order chi connectivity index (χ0) is 9.31. The van der Waals surface area contributed by atoms with E-state index in [9.17, 15) is 0 Å². The number of morpholine rings is 1. The summed E-state index contributed by atoms with van der Waals surface area (Å²) < 4.78 is 5.52. The van der Waals surface area contributed by atoms with Crippen LogP contribution in [-0.4, -0.2) is 43.0 Å². The lowest BCUT2D eigenvalue weighted by molar-refractivity contribution is -0.0234. The summed E-state index contributed by atoms with van der Waals surface area (Å²) in [6.07, 6.45) is 3.18. The standard InChI is InChI=1S/C10H19NOS/c1-9-6-11(4-5-12-9)7-10(8-13)2-3-10/h9,13H,2-8H2,1H3. The van der Waals surface area contributed by atoms with Crippen molar-refractivity contribution in [2.24, 2.45) is 5.41 Å². The van der Waals surface area contributed by atoms with Gasteiger partial charge in [-0.25, -0.2) is 0 Å². The Balaban J connectivity index is 1.80. The summed E-state index contributed by atoms with van der Waals surface area (Å²) >= 11 is 4.43. The average molecular weight is 201 g/mol. The van der Waals surface area contributed by atoms with E-state index < -0.39 is 0 Å². The molecule has 0 aromatic carbocycles. The van der Waals surface area contributed by atoms with E-state index in [1.165, 1.54) is 19.4 Å². The number of nitrogens with zero attached hydrogens (tertiary/aromatic N) is 1. The lowest BCUT2D eigenvalue weighted by atomic mass is 10.1. The van der Waals surface area contributed by atoms with Gasteiger partial charge in [0.2, 0.25) is 0 Å². The highest BCUT2D eigenvalue weighted by Crippen LogP contribution is 2.47. The van der Waals surface area contributed by atoms with E-state index in [4.69, 9.17) is 4.74 Å². The SMILES string of the molecule is CC1CN(CC2(CS)CC2)CCO1. The minimum Gasteiger partial charge on any atom is -0.376 e. The fraction of sp³-hybridized carbons (Fsp3) is 1.00. The van der Waals surface area contributed by atoms with Crippen LogP contribution in [0.4, 0.5) is 0 Å². The van der Waals surface area contributed by atoms with E-state index in [-0.39, 0.29) is 0 Å². The second kappa shape index (κ2) is 3.79. The van der Waals surface area contributed by atoms with Crippen LogP contribution in [0.15, 0.2) is 0 Å². The van der Waals surface area contributed by atoms with Crippen LogP contribution in [0.1, 0.15) is 19.8 Å². The second-order valence-corrected chi connectivity index (χ2v) is 4.89. The fourth-order valence-electron chi connectivity index (χ4n) is 2.05. The molecule has 0 spiro atoms. The van der Waals surface area contributed by atoms with Crippen molar-refractivity contribution < 1.29 is 4.74 Å². The Hall–Kier alpha value is 0.270. The molecule has 2 nitrogen and oxygen atoms in total. The van der Waals surface area contributed by atoms with E-state index in [0.717, 1.165) is 25.4 Å². The molecule has 1 saturated carbocycles. The Morgan fingerprint density at radius 1 is 1.54 bits per heavy atom. The smallest absolute Gasteiger partial charge is 0.0674 e. The zero-order valence-corrected chi connectivity index (χ0v) is 9.22. The van der Waals surface area contributed by atoms with Crippen molar-refractivity contribution in [2.75, 3.05) is 32.0 Å². The topological polar surface area (TPSA) is 12.5 Å². The van der Waals surface area contributed by atoms with Gasteiger partial charge in [-0.05, 0) is 30.9 Å². The average Bonchev–Trinajstić information content (AvgIpc) is 2.86. The van der Waals surface area contributed by atoms with Gasteiger partial charge in [0.05, 0.1) is 12.7 Å². The molecule has 3 heteroatoms. The van der Waals surface area contributed by atoms with Gasteiger partial charge in [-0.2, -0.15) is 12.6 Å². The quantitative estimate of drug-likeness (QED) is 0.693. The van der Waals surface area contributed by atoms with Crippen molar-refractivity contribution in [1.29, 1.82) is 0 Å². The van der Waals surface area contributed by atoms with Gasteiger partial charge in [0.15, 0.2) is 0 Å². The second-order valence-electron chi connectivity index (χ2n) is 4.57. The molecule has 2 aliphatic rings. The molecule has 76 valence electrons. The number of rotatable bonds is 3. The summed E-state index contributed by atoms with van der Waals surface area (Å²) in [5.41, 5.74) is 0.570. The van der Waals surface area contributed by atoms with Crippen LogP contribution in [0.25, 0.3) is 0 Å². The summed E-state index contributed by atoms with van der Waals surface area (Å²) in [5, 5.41) is 0. The van der Waals surface area contributed by atoms with Crippen molar-refractivity contribution in [3.63, 3.8) is 0 Å². The van der Waals surface area contributed by atoms with E-state index in [1.807, 2.05) is 0 Å². The highest BCUT2D eigenvalue weighted by Gasteiger charge is 2.42. The van der Waals surface area contributed by atoms with Crippen LogP contribution < -0.4 is 0 Å². The van der Waals surface area contributed by atoms with Crippen molar-refractivity contribution in [2.45, 2.75) is 25.9 Å². The molecule has 1 heterocycles. The van der Waals surface area contributed by atoms with Crippen LogP contribution in [0.2, 0.25) is 0 Å². The largest absolute Gasteiger partial charge is 0.376 e. The fourth-order valence-corrected chi connectivity index (χ4v) is 2.47. The predicted molar refractivity (Wildman–Crippen MR) is 57.4 cm³/mol. The Morgan fingerprint density at radius 2 is 2.31 bits per heavy atom. The van der Waals surface area contributed by atoms with Gasteiger partial charge in [0.25, 0.3) is 0 Å². The van der Waals surface area contributed by atoms with Gasteiger partial charge in [-0.3, -0.25) is 4.90 Å². The third-order valence-electron chi connectivity index (χ3n) is 3.18. The Morgan fingerprint density at radius 3 is 2.85 bits per heavy atom. The first-order valence-corrected chi connectivity index (χ1v) is 5.82. The molecule has 0 amide bonds. The Bertz CT molecular complexity index is 182. The minimum atomic E-state index is 0.421. The first kappa shape index (κ1) is 9.81. The van der Waals surface area contributed by atoms with Crippen LogP contribution in [0.3, 0.4) is 0 Å². The van der Waals surface area contributed by atoms with Crippen LogP contribution in [0.5, 0.6) is 0 Å². The Kier molecular flexibility index (Phi) is 2.86.